The van der Waals surface area contributed by atoms with E-state index in [0.29, 0.717) is 17.1 Å². The number of anilines is 1. The lowest BCUT2D eigenvalue weighted by Crippen LogP contribution is -2.27. The summed E-state index contributed by atoms with van der Waals surface area (Å²) in [4.78, 5) is 22.6. The normalized spacial score (nSPS) is 11.7. The highest BCUT2D eigenvalue weighted by molar-refractivity contribution is 5.95. The molecule has 0 saturated heterocycles. The number of amides is 3. The first-order valence-electron chi connectivity index (χ1n) is 5.77. The number of urea groups is 1. The van der Waals surface area contributed by atoms with Crippen LogP contribution < -0.4 is 16.4 Å². The number of rotatable bonds is 4. The van der Waals surface area contributed by atoms with Crippen molar-refractivity contribution in [3.63, 3.8) is 0 Å². The Kier molecular flexibility index (Phi) is 3.89. The number of aromatic nitrogens is 4. The summed E-state index contributed by atoms with van der Waals surface area (Å²) in [6.07, 6.45) is 0. The second kappa shape index (κ2) is 5.78. The quantitative estimate of drug-likeness (QED) is 0.630. The standard InChI is InChI=1S/C11H13N7O2/c1-6(9-15-17-18-16-9)13-10(19)7-2-4-8(5-3-7)14-11(12)20/h2-6H,1H3,(H,13,19)(H3,12,14,20)(H,15,16,17,18). The van der Waals surface area contributed by atoms with Crippen LogP contribution in [0.3, 0.4) is 0 Å². The number of aromatic amines is 1. The number of tetrazole rings is 1. The predicted octanol–water partition coefficient (Wildman–Crippen LogP) is 0.181. The molecule has 104 valence electrons. The van der Waals surface area contributed by atoms with Crippen molar-refractivity contribution in [3.8, 4) is 0 Å². The van der Waals surface area contributed by atoms with Crippen molar-refractivity contribution in [2.24, 2.45) is 5.73 Å². The third kappa shape index (κ3) is 3.28. The van der Waals surface area contributed by atoms with E-state index in [9.17, 15) is 9.59 Å². The lowest BCUT2D eigenvalue weighted by atomic mass is 10.2. The van der Waals surface area contributed by atoms with Gasteiger partial charge in [0.05, 0.1) is 6.04 Å². The van der Waals surface area contributed by atoms with Gasteiger partial charge < -0.3 is 16.4 Å². The van der Waals surface area contributed by atoms with Crippen molar-refractivity contribution in [1.82, 2.24) is 25.9 Å². The molecule has 0 fully saturated rings. The lowest BCUT2D eigenvalue weighted by molar-refractivity contribution is 0.0938. The molecule has 1 atom stereocenters. The maximum atomic E-state index is 12.0. The minimum Gasteiger partial charge on any atom is -0.351 e. The Morgan fingerprint density at radius 3 is 2.55 bits per heavy atom. The molecule has 0 aliphatic rings. The molecular weight excluding hydrogens is 262 g/mol. The average Bonchev–Trinajstić information content (AvgIpc) is 2.92. The summed E-state index contributed by atoms with van der Waals surface area (Å²) in [7, 11) is 0. The number of carbonyl (C=O) groups excluding carboxylic acids is 2. The van der Waals surface area contributed by atoms with Gasteiger partial charge in [-0.05, 0) is 31.2 Å². The Balaban J connectivity index is 2.00. The number of primary amides is 1. The van der Waals surface area contributed by atoms with E-state index in [-0.39, 0.29) is 11.9 Å². The van der Waals surface area contributed by atoms with E-state index in [4.69, 9.17) is 5.73 Å². The van der Waals surface area contributed by atoms with E-state index >= 15 is 0 Å². The number of hydrogen-bond acceptors (Lipinski definition) is 5. The van der Waals surface area contributed by atoms with Gasteiger partial charge in [0.2, 0.25) is 0 Å². The van der Waals surface area contributed by atoms with E-state index < -0.39 is 6.03 Å². The van der Waals surface area contributed by atoms with E-state index in [1.54, 1.807) is 31.2 Å². The highest BCUT2D eigenvalue weighted by Crippen LogP contribution is 2.11. The summed E-state index contributed by atoms with van der Waals surface area (Å²) < 4.78 is 0. The molecule has 0 bridgehead atoms. The Morgan fingerprint density at radius 2 is 2.00 bits per heavy atom. The van der Waals surface area contributed by atoms with Gasteiger partial charge in [-0.3, -0.25) is 4.79 Å². The molecule has 20 heavy (non-hydrogen) atoms. The molecule has 1 aromatic carbocycles. The first-order chi connectivity index (χ1) is 9.56. The smallest absolute Gasteiger partial charge is 0.316 e. The highest BCUT2D eigenvalue weighted by Gasteiger charge is 2.14. The van der Waals surface area contributed by atoms with Crippen molar-refractivity contribution < 1.29 is 9.59 Å². The summed E-state index contributed by atoms with van der Waals surface area (Å²) >= 11 is 0. The molecule has 0 aliphatic carbocycles. The van der Waals surface area contributed by atoms with Crippen molar-refractivity contribution in [2.75, 3.05) is 5.32 Å². The number of nitrogens with two attached hydrogens (primary N) is 1. The van der Waals surface area contributed by atoms with Crippen LogP contribution in [0.4, 0.5) is 10.5 Å². The van der Waals surface area contributed by atoms with Crippen molar-refractivity contribution in [2.45, 2.75) is 13.0 Å². The number of H-pyrrole nitrogens is 1. The van der Waals surface area contributed by atoms with Crippen LogP contribution in [-0.2, 0) is 0 Å². The number of benzene rings is 1. The first-order valence-corrected chi connectivity index (χ1v) is 5.77. The zero-order valence-corrected chi connectivity index (χ0v) is 10.6. The van der Waals surface area contributed by atoms with Gasteiger partial charge in [-0.15, -0.1) is 10.2 Å². The lowest BCUT2D eigenvalue weighted by Gasteiger charge is -2.10. The topological polar surface area (TPSA) is 139 Å². The summed E-state index contributed by atoms with van der Waals surface area (Å²) in [6.45, 7) is 1.74. The molecule has 3 amide bonds. The zero-order valence-electron chi connectivity index (χ0n) is 10.6. The van der Waals surface area contributed by atoms with Gasteiger partial charge in [0, 0.05) is 11.3 Å². The van der Waals surface area contributed by atoms with Crippen molar-refractivity contribution >= 4 is 17.6 Å². The van der Waals surface area contributed by atoms with Gasteiger partial charge in [-0.2, -0.15) is 5.21 Å². The fraction of sp³-hybridized carbons (Fsp3) is 0.182. The summed E-state index contributed by atoms with van der Waals surface area (Å²) in [5.41, 5.74) is 5.94. The third-order valence-corrected chi connectivity index (χ3v) is 2.51. The molecule has 0 aliphatic heterocycles. The molecule has 9 nitrogen and oxygen atoms in total. The van der Waals surface area contributed by atoms with Crippen LogP contribution in [0, 0.1) is 0 Å². The second-order valence-corrected chi connectivity index (χ2v) is 4.03. The van der Waals surface area contributed by atoms with Crippen molar-refractivity contribution in [1.29, 1.82) is 0 Å². The van der Waals surface area contributed by atoms with E-state index in [0.717, 1.165) is 0 Å². The van der Waals surface area contributed by atoms with Crippen LogP contribution in [0.2, 0.25) is 0 Å². The van der Waals surface area contributed by atoms with Gasteiger partial charge in [-0.25, -0.2) is 4.79 Å². The van der Waals surface area contributed by atoms with Gasteiger partial charge in [0.1, 0.15) is 0 Å². The van der Waals surface area contributed by atoms with Gasteiger partial charge in [-0.1, -0.05) is 5.21 Å². The van der Waals surface area contributed by atoms with Gasteiger partial charge in [0.15, 0.2) is 5.82 Å². The number of carbonyl (C=O) groups is 2. The van der Waals surface area contributed by atoms with Gasteiger partial charge >= 0.3 is 6.03 Å². The molecule has 1 aromatic heterocycles. The molecule has 9 heteroatoms. The Morgan fingerprint density at radius 1 is 1.30 bits per heavy atom. The molecule has 1 heterocycles. The molecule has 5 N–H and O–H groups in total. The molecule has 0 radical (unpaired) electrons. The zero-order chi connectivity index (χ0) is 14.5. The number of nitrogens with one attached hydrogen (secondary N) is 3. The Labute approximate surface area is 113 Å². The van der Waals surface area contributed by atoms with Crippen LogP contribution in [0.15, 0.2) is 24.3 Å². The summed E-state index contributed by atoms with van der Waals surface area (Å²) in [5.74, 6) is 0.110. The molecule has 0 spiro atoms. The third-order valence-electron chi connectivity index (χ3n) is 2.51. The van der Waals surface area contributed by atoms with Crippen LogP contribution in [0.5, 0.6) is 0 Å². The molecule has 2 rings (SSSR count). The van der Waals surface area contributed by atoms with Crippen LogP contribution in [0.1, 0.15) is 29.1 Å². The molecular formula is C11H13N7O2. The Hall–Kier alpha value is -2.97. The minimum absolute atomic E-state index is 0.284. The molecule has 1 unspecified atom stereocenters. The summed E-state index contributed by atoms with van der Waals surface area (Å²) in [5, 5.41) is 18.4. The predicted molar refractivity (Wildman–Crippen MR) is 69.7 cm³/mol. The molecule has 0 saturated carbocycles. The maximum Gasteiger partial charge on any atom is 0.316 e. The average molecular weight is 275 g/mol. The minimum atomic E-state index is -0.659. The number of nitrogens with zero attached hydrogens (tertiary/aromatic N) is 3. The van der Waals surface area contributed by atoms with Crippen LogP contribution >= 0.6 is 0 Å². The fourth-order valence-electron chi connectivity index (χ4n) is 1.54. The highest BCUT2D eigenvalue weighted by atomic mass is 16.2. The molecule has 2 aromatic rings. The van der Waals surface area contributed by atoms with Crippen LogP contribution in [-0.4, -0.2) is 32.6 Å². The van der Waals surface area contributed by atoms with Crippen molar-refractivity contribution in [3.05, 3.63) is 35.7 Å². The maximum absolute atomic E-state index is 12.0. The fourth-order valence-corrected chi connectivity index (χ4v) is 1.54. The first kappa shape index (κ1) is 13.5. The van der Waals surface area contributed by atoms with Gasteiger partial charge in [0.25, 0.3) is 5.91 Å². The van der Waals surface area contributed by atoms with E-state index in [1.165, 1.54) is 0 Å². The number of hydrogen-bond donors (Lipinski definition) is 4. The second-order valence-electron chi connectivity index (χ2n) is 4.03. The SMILES string of the molecule is CC(NC(=O)c1ccc(NC(N)=O)cc1)c1nn[nH]n1. The largest absolute Gasteiger partial charge is 0.351 e. The van der Waals surface area contributed by atoms with Crippen LogP contribution in [0.25, 0.3) is 0 Å². The Bertz CT molecular complexity index is 594. The van der Waals surface area contributed by atoms with E-state index in [1.807, 2.05) is 0 Å². The monoisotopic (exact) mass is 275 g/mol. The summed E-state index contributed by atoms with van der Waals surface area (Å²) in [6, 6.07) is 5.28. The van der Waals surface area contributed by atoms with E-state index in [2.05, 4.69) is 31.3 Å².